The van der Waals surface area contributed by atoms with Crippen LogP contribution in [0.1, 0.15) is 116 Å². The second-order valence-corrected chi connectivity index (χ2v) is 13.8. The lowest BCUT2D eigenvalue weighted by Crippen LogP contribution is -2.33. The van der Waals surface area contributed by atoms with Gasteiger partial charge in [-0.05, 0) is 115 Å². The Morgan fingerprint density at radius 2 is 1.20 bits per heavy atom. The molecule has 4 heteroatoms. The maximum absolute atomic E-state index is 12.9. The van der Waals surface area contributed by atoms with Crippen molar-refractivity contribution in [2.75, 3.05) is 0 Å². The fourth-order valence-electron chi connectivity index (χ4n) is 5.24. The molecular weight excluding hydrogens is 547 g/mol. The molecule has 2 atom stereocenters. The summed E-state index contributed by atoms with van der Waals surface area (Å²) >= 11 is 0. The maximum atomic E-state index is 12.9. The molecule has 0 heterocycles. The van der Waals surface area contributed by atoms with Crippen LogP contribution >= 0.6 is 0 Å². The maximum Gasteiger partial charge on any atom is 0.312 e. The number of benzene rings is 4. The monoisotopic (exact) mass is 598 g/mol. The molecule has 0 saturated heterocycles. The van der Waals surface area contributed by atoms with Crippen LogP contribution in [0.4, 0.5) is 4.39 Å². The molecule has 236 valence electrons. The van der Waals surface area contributed by atoms with Gasteiger partial charge in [0.25, 0.3) is 0 Å². The summed E-state index contributed by atoms with van der Waals surface area (Å²) in [5, 5.41) is 12.0. The fourth-order valence-corrected chi connectivity index (χ4v) is 5.24. The van der Waals surface area contributed by atoms with Gasteiger partial charge in [-0.1, -0.05) is 102 Å². The fraction of sp³-hybridized carbons (Fsp3) is 0.425. The van der Waals surface area contributed by atoms with E-state index in [0.717, 1.165) is 12.0 Å². The minimum Gasteiger partial charge on any atom is -0.508 e. The smallest absolute Gasteiger partial charge is 0.312 e. The highest BCUT2D eigenvalue weighted by Crippen LogP contribution is 2.45. The molecule has 1 N–H and O–H groups in total. The Labute approximate surface area is 264 Å². The number of carbonyl (C=O) groups excluding carboxylic acids is 1. The Hall–Kier alpha value is -3.66. The summed E-state index contributed by atoms with van der Waals surface area (Å²) in [5.74, 6) is 1.16. The van der Waals surface area contributed by atoms with Crippen LogP contribution in [0.15, 0.2) is 84.9 Å². The van der Waals surface area contributed by atoms with Crippen LogP contribution in [0.25, 0.3) is 10.8 Å². The van der Waals surface area contributed by atoms with Gasteiger partial charge >= 0.3 is 5.97 Å². The van der Waals surface area contributed by atoms with Crippen molar-refractivity contribution >= 4 is 16.7 Å². The summed E-state index contributed by atoms with van der Waals surface area (Å²) in [6, 6.07) is 26.8. The number of hydrogen-bond acceptors (Lipinski definition) is 3. The van der Waals surface area contributed by atoms with E-state index in [2.05, 4.69) is 71.0 Å². The van der Waals surface area contributed by atoms with E-state index in [4.69, 9.17) is 9.84 Å². The van der Waals surface area contributed by atoms with Gasteiger partial charge in [-0.2, -0.15) is 0 Å². The van der Waals surface area contributed by atoms with Crippen molar-refractivity contribution in [3.05, 3.63) is 113 Å². The third-order valence-electron chi connectivity index (χ3n) is 9.56. The number of halogens is 1. The van der Waals surface area contributed by atoms with Crippen molar-refractivity contribution in [1.82, 2.24) is 0 Å². The molecular formula is C40H51FO3. The predicted molar refractivity (Wildman–Crippen MR) is 182 cm³/mol. The van der Waals surface area contributed by atoms with E-state index in [1.807, 2.05) is 46.8 Å². The molecule has 3 nitrogen and oxygen atoms in total. The summed E-state index contributed by atoms with van der Waals surface area (Å²) in [6.07, 6.45) is 1.82. The van der Waals surface area contributed by atoms with Crippen LogP contribution in [-0.2, 0) is 20.5 Å². The zero-order chi connectivity index (χ0) is 32.9. The van der Waals surface area contributed by atoms with Crippen molar-refractivity contribution in [2.24, 2.45) is 5.41 Å². The third-order valence-corrected chi connectivity index (χ3v) is 9.56. The van der Waals surface area contributed by atoms with Gasteiger partial charge in [0.2, 0.25) is 0 Å². The van der Waals surface area contributed by atoms with Crippen LogP contribution in [0.2, 0.25) is 0 Å². The molecule has 0 amide bonds. The van der Waals surface area contributed by atoms with Crippen molar-refractivity contribution < 1.29 is 19.0 Å². The van der Waals surface area contributed by atoms with Crippen molar-refractivity contribution in [1.29, 1.82) is 0 Å². The van der Waals surface area contributed by atoms with Crippen LogP contribution in [0.5, 0.6) is 5.75 Å². The lowest BCUT2D eigenvalue weighted by atomic mass is 9.82. The van der Waals surface area contributed by atoms with E-state index in [0.29, 0.717) is 24.0 Å². The molecule has 1 aliphatic carbocycles. The van der Waals surface area contributed by atoms with Crippen molar-refractivity contribution in [3.8, 4) is 5.75 Å². The van der Waals surface area contributed by atoms with Gasteiger partial charge in [-0.3, -0.25) is 4.79 Å². The molecule has 4 aromatic carbocycles. The van der Waals surface area contributed by atoms with Gasteiger partial charge in [0, 0.05) is 0 Å². The van der Waals surface area contributed by atoms with Crippen LogP contribution in [-0.4, -0.2) is 11.1 Å². The highest BCUT2D eigenvalue weighted by molar-refractivity contribution is 5.92. The number of ether oxygens (including phenoxy) is 1. The Morgan fingerprint density at radius 3 is 1.66 bits per heavy atom. The van der Waals surface area contributed by atoms with Gasteiger partial charge in [0.1, 0.15) is 17.2 Å². The Balaban J connectivity index is 0.000000184. The van der Waals surface area contributed by atoms with Gasteiger partial charge in [0.05, 0.1) is 5.41 Å². The Morgan fingerprint density at radius 1 is 0.727 bits per heavy atom. The van der Waals surface area contributed by atoms with E-state index in [-0.39, 0.29) is 17.2 Å². The zero-order valence-corrected chi connectivity index (χ0v) is 28.3. The molecule has 0 fully saturated rings. The summed E-state index contributed by atoms with van der Waals surface area (Å²) in [7, 11) is 0. The van der Waals surface area contributed by atoms with Gasteiger partial charge < -0.3 is 9.84 Å². The summed E-state index contributed by atoms with van der Waals surface area (Å²) in [4.78, 5) is 12.1. The zero-order valence-electron chi connectivity index (χ0n) is 28.3. The molecule has 1 aliphatic rings. The van der Waals surface area contributed by atoms with Crippen LogP contribution < -0.4 is 0 Å². The lowest BCUT2D eigenvalue weighted by Gasteiger charge is -2.30. The van der Waals surface area contributed by atoms with Crippen LogP contribution in [0, 0.1) is 11.2 Å². The van der Waals surface area contributed by atoms with E-state index in [1.54, 1.807) is 24.3 Å². The van der Waals surface area contributed by atoms with E-state index in [1.165, 1.54) is 39.6 Å². The first-order valence-electron chi connectivity index (χ1n) is 15.8. The number of hydrogen-bond donors (Lipinski definition) is 1. The molecule has 0 aliphatic heterocycles. The van der Waals surface area contributed by atoms with E-state index < -0.39 is 11.0 Å². The summed E-state index contributed by atoms with van der Waals surface area (Å²) in [6.45, 7) is 20.5. The molecule has 0 saturated carbocycles. The number of esters is 1. The van der Waals surface area contributed by atoms with Gasteiger partial charge in [0.15, 0.2) is 0 Å². The second-order valence-electron chi connectivity index (χ2n) is 13.8. The molecule has 44 heavy (non-hydrogen) atoms. The van der Waals surface area contributed by atoms with Crippen molar-refractivity contribution in [3.63, 3.8) is 0 Å². The molecule has 0 bridgehead atoms. The second kappa shape index (κ2) is 14.0. The average molecular weight is 599 g/mol. The van der Waals surface area contributed by atoms with Crippen LogP contribution in [0.3, 0.4) is 0 Å². The summed E-state index contributed by atoms with van der Waals surface area (Å²) in [5.41, 5.74) is 4.09. The molecule has 0 aromatic heterocycles. The quantitative estimate of drug-likeness (QED) is 0.225. The van der Waals surface area contributed by atoms with Gasteiger partial charge in [-0.25, -0.2) is 4.39 Å². The minimum atomic E-state index is -0.753. The van der Waals surface area contributed by atoms with Crippen molar-refractivity contribution in [2.45, 2.75) is 105 Å². The SMILES string of the molecule is CC1c2cccc3cccc(c23)C1C.CCC(C)(C)C(=O)OC(C)(C)c1ccc(F)cc1.CCC(C)(C)c1ccc(O)cc1. The highest BCUT2D eigenvalue weighted by Gasteiger charge is 2.33. The van der Waals surface area contributed by atoms with E-state index >= 15 is 0 Å². The number of rotatable bonds is 6. The number of carbonyl (C=O) groups is 1. The Kier molecular flexibility index (Phi) is 11.1. The Bertz CT molecular complexity index is 1490. The lowest BCUT2D eigenvalue weighted by molar-refractivity contribution is -0.168. The highest BCUT2D eigenvalue weighted by atomic mass is 19.1. The molecule has 4 aromatic rings. The molecule has 5 rings (SSSR count). The van der Waals surface area contributed by atoms with E-state index in [9.17, 15) is 9.18 Å². The minimum absolute atomic E-state index is 0.216. The first kappa shape index (κ1) is 34.8. The first-order chi connectivity index (χ1) is 20.5. The number of phenols is 1. The number of phenolic OH excluding ortho intramolecular Hbond substituents is 1. The average Bonchev–Trinajstić information content (AvgIpc) is 3.24. The molecule has 2 unspecified atom stereocenters. The standard InChI is InChI=1S/C15H21FO2.C14H14.C11H16O/c1-6-14(2,3)13(17)18-15(4,5)11-7-9-12(16)10-8-11;1-9-10(2)13-8-4-6-11-5-3-7-12(9)14(11)13;1-4-11(2,3)9-5-7-10(12)8-6-9/h7-10H,6H2,1-5H3;3-10H,1-2H3;5-8,12H,4H2,1-3H3. The molecule has 0 radical (unpaired) electrons. The predicted octanol–water partition coefficient (Wildman–Crippen LogP) is 11.2. The first-order valence-corrected chi connectivity index (χ1v) is 15.8. The van der Waals surface area contributed by atoms with Gasteiger partial charge in [-0.15, -0.1) is 0 Å². The largest absolute Gasteiger partial charge is 0.508 e. The normalized spacial score (nSPS) is 16.0. The third kappa shape index (κ3) is 8.08. The summed E-state index contributed by atoms with van der Waals surface area (Å²) < 4.78 is 18.4. The number of aromatic hydroxyl groups is 1. The molecule has 0 spiro atoms. The topological polar surface area (TPSA) is 46.5 Å².